The Kier molecular flexibility index (Phi) is 7.59. The van der Waals surface area contributed by atoms with E-state index < -0.39 is 21.3 Å². The molecule has 2 aromatic carbocycles. The molecule has 7 nitrogen and oxygen atoms in total. The molecule has 0 saturated carbocycles. The molecular formula is C15H12N2O5S. The molecule has 2 rings (SSSR count). The first kappa shape index (κ1) is 17.9. The van der Waals surface area contributed by atoms with Crippen molar-refractivity contribution in [2.75, 3.05) is 0 Å². The molecule has 8 heteroatoms. The van der Waals surface area contributed by atoms with Crippen molar-refractivity contribution in [2.45, 2.75) is 0 Å². The number of nitro benzene ring substituents is 1. The van der Waals surface area contributed by atoms with Crippen molar-refractivity contribution in [1.29, 1.82) is 0 Å². The Hall–Kier alpha value is -3.13. The minimum Gasteiger partial charge on any atom is -0.266 e. The van der Waals surface area contributed by atoms with Crippen molar-refractivity contribution in [3.8, 4) is 0 Å². The van der Waals surface area contributed by atoms with Gasteiger partial charge >= 0.3 is 10.5 Å². The number of carbonyl (C=O) groups excluding carboxylic acids is 1. The number of para-hydroxylation sites is 1. The third-order valence-corrected chi connectivity index (χ3v) is 2.70. The highest BCUT2D eigenvalue weighted by molar-refractivity contribution is 7.62. The molecule has 0 aromatic heterocycles. The summed E-state index contributed by atoms with van der Waals surface area (Å²) in [6.07, 6.45) is 1.98. The highest BCUT2D eigenvalue weighted by atomic mass is 32.2. The van der Waals surface area contributed by atoms with Gasteiger partial charge in [0.05, 0.1) is 10.5 Å². The summed E-state index contributed by atoms with van der Waals surface area (Å²) in [5.74, 6) is -1.00. The number of benzene rings is 2. The summed E-state index contributed by atoms with van der Waals surface area (Å²) in [5, 5.41) is 10.6. The second-order valence-electron chi connectivity index (χ2n) is 3.95. The molecule has 0 heterocycles. The van der Waals surface area contributed by atoms with Crippen LogP contribution in [0.3, 0.4) is 0 Å². The summed E-state index contributed by atoms with van der Waals surface area (Å²) in [5.41, 5.74) is 0.0116. The highest BCUT2D eigenvalue weighted by Crippen LogP contribution is 2.18. The fourth-order valence-corrected chi connectivity index (χ4v) is 1.65. The lowest BCUT2D eigenvalue weighted by Gasteiger charge is -1.94. The van der Waals surface area contributed by atoms with E-state index in [9.17, 15) is 23.3 Å². The lowest BCUT2D eigenvalue weighted by Crippen LogP contribution is -1.91. The Morgan fingerprint density at radius 2 is 1.52 bits per heavy atom. The van der Waals surface area contributed by atoms with Gasteiger partial charge in [0.2, 0.25) is 0 Å². The average Bonchev–Trinajstić information content (AvgIpc) is 2.55. The van der Waals surface area contributed by atoms with Gasteiger partial charge < -0.3 is 0 Å². The third kappa shape index (κ3) is 7.44. The van der Waals surface area contributed by atoms with Gasteiger partial charge in [-0.1, -0.05) is 52.9 Å². The molecular weight excluding hydrogens is 320 g/mol. The molecule has 0 bridgehead atoms. The molecule has 0 aliphatic carbocycles. The summed E-state index contributed by atoms with van der Waals surface area (Å²) >= 11 is 0. The monoisotopic (exact) mass is 332 g/mol. The first-order valence-electron chi connectivity index (χ1n) is 6.27. The molecule has 0 saturated heterocycles. The summed E-state index contributed by atoms with van der Waals surface area (Å²) in [6, 6.07) is 17.7. The van der Waals surface area contributed by atoms with Crippen LogP contribution in [0.4, 0.5) is 5.69 Å². The van der Waals surface area contributed by atoms with Crippen LogP contribution in [0.15, 0.2) is 71.1 Å². The molecule has 0 aliphatic heterocycles. The van der Waals surface area contributed by atoms with Gasteiger partial charge in [0.1, 0.15) is 0 Å². The lowest BCUT2D eigenvalue weighted by molar-refractivity contribution is -0.385. The van der Waals surface area contributed by atoms with Crippen molar-refractivity contribution in [1.82, 2.24) is 0 Å². The maximum Gasteiger partial charge on any atom is 0.319 e. The Morgan fingerprint density at radius 3 is 2.00 bits per heavy atom. The maximum absolute atomic E-state index is 10.9. The standard InChI is InChI=1S/C9H6N2O5S.C6H6/c12-9(10-17(15)16)6-5-7-3-1-2-4-8(7)11(13)14;1-2-4-6-5-3-1/h1-6H;1-6H. The number of carbonyl (C=O) groups is 1. The van der Waals surface area contributed by atoms with Crippen LogP contribution in [-0.4, -0.2) is 19.2 Å². The second kappa shape index (κ2) is 9.74. The zero-order valence-corrected chi connectivity index (χ0v) is 12.6. The molecule has 0 radical (unpaired) electrons. The Bertz CT molecular complexity index is 795. The maximum atomic E-state index is 10.9. The molecule has 0 spiro atoms. The van der Waals surface area contributed by atoms with Crippen molar-refractivity contribution in [3.05, 3.63) is 82.4 Å². The Labute approximate surface area is 133 Å². The van der Waals surface area contributed by atoms with Crippen LogP contribution in [0.2, 0.25) is 0 Å². The van der Waals surface area contributed by atoms with Gasteiger partial charge in [-0.3, -0.25) is 14.9 Å². The van der Waals surface area contributed by atoms with E-state index >= 15 is 0 Å². The highest BCUT2D eigenvalue weighted by Gasteiger charge is 2.09. The predicted octanol–water partition coefficient (Wildman–Crippen LogP) is 2.88. The Balaban J connectivity index is 0.000000366. The average molecular weight is 332 g/mol. The van der Waals surface area contributed by atoms with Crippen LogP contribution >= 0.6 is 0 Å². The fraction of sp³-hybridized carbons (Fsp3) is 0. The van der Waals surface area contributed by atoms with Crippen LogP contribution in [0.5, 0.6) is 0 Å². The van der Waals surface area contributed by atoms with Crippen LogP contribution in [0.25, 0.3) is 6.08 Å². The largest absolute Gasteiger partial charge is 0.319 e. The second-order valence-corrected chi connectivity index (χ2v) is 4.57. The van der Waals surface area contributed by atoms with Crippen LogP contribution in [-0.2, 0) is 15.3 Å². The van der Waals surface area contributed by atoms with Gasteiger partial charge in [-0.15, -0.1) is 0 Å². The quantitative estimate of drug-likeness (QED) is 0.488. The molecule has 2 aromatic rings. The van der Waals surface area contributed by atoms with E-state index in [0.717, 1.165) is 12.2 Å². The molecule has 0 aliphatic rings. The zero-order valence-electron chi connectivity index (χ0n) is 11.8. The minimum atomic E-state index is -2.83. The number of nitrogens with zero attached hydrogens (tertiary/aromatic N) is 2. The van der Waals surface area contributed by atoms with Crippen molar-refractivity contribution in [3.63, 3.8) is 0 Å². The van der Waals surface area contributed by atoms with Crippen LogP contribution in [0, 0.1) is 10.1 Å². The first-order chi connectivity index (χ1) is 11.0. The van der Waals surface area contributed by atoms with Crippen LogP contribution in [0.1, 0.15) is 5.56 Å². The van der Waals surface area contributed by atoms with E-state index in [-0.39, 0.29) is 11.3 Å². The van der Waals surface area contributed by atoms with E-state index in [4.69, 9.17) is 0 Å². The van der Waals surface area contributed by atoms with Crippen molar-refractivity contribution < 1.29 is 18.1 Å². The summed E-state index contributed by atoms with van der Waals surface area (Å²) < 4.78 is 22.8. The molecule has 0 unspecified atom stereocenters. The Morgan fingerprint density at radius 1 is 1.00 bits per heavy atom. The molecule has 1 amide bonds. The van der Waals surface area contributed by atoms with Gasteiger partial charge in [-0.25, -0.2) is 0 Å². The number of amides is 1. The van der Waals surface area contributed by atoms with Gasteiger partial charge in [0, 0.05) is 12.1 Å². The molecule has 0 atom stereocenters. The summed E-state index contributed by atoms with van der Waals surface area (Å²) in [7, 11) is -2.83. The van der Waals surface area contributed by atoms with E-state index in [1.807, 2.05) is 36.4 Å². The minimum absolute atomic E-state index is 0.181. The summed E-state index contributed by atoms with van der Waals surface area (Å²) in [4.78, 5) is 20.9. The topological polar surface area (TPSA) is 107 Å². The van der Waals surface area contributed by atoms with Crippen molar-refractivity contribution in [2.24, 2.45) is 4.36 Å². The predicted molar refractivity (Wildman–Crippen MR) is 84.9 cm³/mol. The third-order valence-electron chi connectivity index (χ3n) is 2.37. The van der Waals surface area contributed by atoms with E-state index in [0.29, 0.717) is 0 Å². The number of hydrogen-bond acceptors (Lipinski definition) is 5. The lowest BCUT2D eigenvalue weighted by atomic mass is 10.1. The van der Waals surface area contributed by atoms with Crippen LogP contribution < -0.4 is 0 Å². The molecule has 0 fully saturated rings. The van der Waals surface area contributed by atoms with Crippen molar-refractivity contribution >= 4 is 28.2 Å². The van der Waals surface area contributed by atoms with E-state index in [1.54, 1.807) is 6.07 Å². The zero-order chi connectivity index (χ0) is 17.1. The number of rotatable bonds is 3. The normalized spacial score (nSPS) is 9.57. The van der Waals surface area contributed by atoms with E-state index in [1.165, 1.54) is 18.2 Å². The molecule has 23 heavy (non-hydrogen) atoms. The fourth-order valence-electron chi connectivity index (χ4n) is 1.44. The smallest absolute Gasteiger partial charge is 0.266 e. The first-order valence-corrected chi connectivity index (χ1v) is 7.30. The van der Waals surface area contributed by atoms with Gasteiger partial charge in [-0.2, -0.15) is 8.42 Å². The van der Waals surface area contributed by atoms with Gasteiger partial charge in [-0.05, 0) is 12.1 Å². The molecule has 118 valence electrons. The van der Waals surface area contributed by atoms with Gasteiger partial charge in [0.25, 0.3) is 11.6 Å². The van der Waals surface area contributed by atoms with E-state index in [2.05, 4.69) is 4.36 Å². The SMILES string of the molecule is O=C(C=Cc1ccccc1[N+](=O)[O-])N=S(=O)=O.c1ccccc1. The number of nitro groups is 1. The number of hydrogen-bond donors (Lipinski definition) is 0. The summed E-state index contributed by atoms with van der Waals surface area (Å²) in [6.45, 7) is 0. The van der Waals surface area contributed by atoms with Gasteiger partial charge in [0.15, 0.2) is 0 Å². The molecule has 0 N–H and O–H groups in total.